The van der Waals surface area contributed by atoms with Gasteiger partial charge in [0.25, 0.3) is 0 Å². The molecule has 80 valence electrons. The molecule has 1 aromatic carbocycles. The molecule has 0 bridgehead atoms. The minimum atomic E-state index is -0.263. The summed E-state index contributed by atoms with van der Waals surface area (Å²) in [6, 6.07) is 9.95. The van der Waals surface area contributed by atoms with Crippen LogP contribution < -0.4 is 5.73 Å². The first-order chi connectivity index (χ1) is 7.27. The molecule has 0 spiro atoms. The molecule has 0 radical (unpaired) electrons. The zero-order valence-corrected chi connectivity index (χ0v) is 8.73. The monoisotopic (exact) mass is 204 g/mol. The lowest BCUT2D eigenvalue weighted by atomic mass is 10.1. The van der Waals surface area contributed by atoms with Crippen LogP contribution in [0.2, 0.25) is 0 Å². The summed E-state index contributed by atoms with van der Waals surface area (Å²) in [5, 5.41) is 0. The first kappa shape index (κ1) is 10.2. The Morgan fingerprint density at radius 2 is 2.07 bits per heavy atom. The number of benzene rings is 1. The van der Waals surface area contributed by atoms with E-state index in [1.165, 1.54) is 5.56 Å². The molecule has 1 amide bonds. The maximum Gasteiger partial charge on any atom is 0.239 e. The van der Waals surface area contributed by atoms with Gasteiger partial charge in [0.1, 0.15) is 0 Å². The summed E-state index contributed by atoms with van der Waals surface area (Å²) in [5.41, 5.74) is 6.92. The third-order valence-electron chi connectivity index (χ3n) is 2.85. The van der Waals surface area contributed by atoms with Crippen molar-refractivity contribution in [1.29, 1.82) is 0 Å². The van der Waals surface area contributed by atoms with Crippen molar-refractivity contribution in [2.24, 2.45) is 5.73 Å². The van der Waals surface area contributed by atoms with E-state index in [1.807, 2.05) is 23.1 Å². The zero-order valence-electron chi connectivity index (χ0n) is 8.73. The van der Waals surface area contributed by atoms with Gasteiger partial charge in [0, 0.05) is 13.1 Å². The summed E-state index contributed by atoms with van der Waals surface area (Å²) in [5.74, 6) is 0.103. The first-order valence-corrected chi connectivity index (χ1v) is 5.35. The van der Waals surface area contributed by atoms with Crippen molar-refractivity contribution in [2.75, 3.05) is 13.1 Å². The Labute approximate surface area is 89.9 Å². The van der Waals surface area contributed by atoms with E-state index in [0.717, 1.165) is 25.9 Å². The lowest BCUT2D eigenvalue weighted by Crippen LogP contribution is -2.35. The summed E-state index contributed by atoms with van der Waals surface area (Å²) >= 11 is 0. The summed E-state index contributed by atoms with van der Waals surface area (Å²) in [4.78, 5) is 13.4. The van der Waals surface area contributed by atoms with Crippen molar-refractivity contribution in [3.05, 3.63) is 35.9 Å². The third-order valence-corrected chi connectivity index (χ3v) is 2.85. The number of nitrogens with two attached hydrogens (primary N) is 1. The van der Waals surface area contributed by atoms with Gasteiger partial charge >= 0.3 is 0 Å². The van der Waals surface area contributed by atoms with Crippen LogP contribution in [0.5, 0.6) is 0 Å². The second kappa shape index (κ2) is 4.45. The normalized spacial score (nSPS) is 21.0. The standard InChI is InChI=1S/C12H16N2O/c13-11-7-9-14(12(11)15)8-6-10-4-2-1-3-5-10/h1-5,11H,6-9,13H2/t11-/m1/s1. The van der Waals surface area contributed by atoms with Crippen molar-refractivity contribution in [1.82, 2.24) is 4.90 Å². The van der Waals surface area contributed by atoms with E-state index in [0.29, 0.717) is 0 Å². The summed E-state index contributed by atoms with van der Waals surface area (Å²) in [6.07, 6.45) is 1.72. The molecular weight excluding hydrogens is 188 g/mol. The fourth-order valence-electron chi connectivity index (χ4n) is 1.89. The van der Waals surface area contributed by atoms with Gasteiger partial charge in [-0.2, -0.15) is 0 Å². The lowest BCUT2D eigenvalue weighted by Gasteiger charge is -2.15. The molecule has 1 aromatic rings. The van der Waals surface area contributed by atoms with Crippen molar-refractivity contribution < 1.29 is 4.79 Å². The second-order valence-corrected chi connectivity index (χ2v) is 3.96. The quantitative estimate of drug-likeness (QED) is 0.791. The van der Waals surface area contributed by atoms with Crippen molar-refractivity contribution in [2.45, 2.75) is 18.9 Å². The highest BCUT2D eigenvalue weighted by atomic mass is 16.2. The van der Waals surface area contributed by atoms with Gasteiger partial charge in [-0.15, -0.1) is 0 Å². The molecular formula is C12H16N2O. The van der Waals surface area contributed by atoms with E-state index in [4.69, 9.17) is 5.73 Å². The number of nitrogens with zero attached hydrogens (tertiary/aromatic N) is 1. The molecule has 1 saturated heterocycles. The van der Waals surface area contributed by atoms with E-state index in [2.05, 4.69) is 12.1 Å². The van der Waals surface area contributed by atoms with Crippen LogP contribution in [-0.4, -0.2) is 29.9 Å². The van der Waals surface area contributed by atoms with E-state index < -0.39 is 0 Å². The topological polar surface area (TPSA) is 46.3 Å². The molecule has 0 unspecified atom stereocenters. The maximum absolute atomic E-state index is 11.5. The van der Waals surface area contributed by atoms with Crippen LogP contribution in [-0.2, 0) is 11.2 Å². The summed E-state index contributed by atoms with van der Waals surface area (Å²) < 4.78 is 0. The number of amides is 1. The minimum absolute atomic E-state index is 0.103. The predicted octanol–water partition coefficient (Wildman–Crippen LogP) is 0.789. The van der Waals surface area contributed by atoms with Crippen molar-refractivity contribution in [3.8, 4) is 0 Å². The SMILES string of the molecule is N[C@@H]1CCN(CCc2ccccc2)C1=O. The lowest BCUT2D eigenvalue weighted by molar-refractivity contribution is -0.128. The Kier molecular flexibility index (Phi) is 3.02. The molecule has 2 rings (SSSR count). The van der Waals surface area contributed by atoms with Gasteiger partial charge in [-0.1, -0.05) is 30.3 Å². The van der Waals surface area contributed by atoms with Crippen LogP contribution in [0.25, 0.3) is 0 Å². The van der Waals surface area contributed by atoms with Gasteiger partial charge in [-0.25, -0.2) is 0 Å². The number of likely N-dealkylation sites (tertiary alicyclic amines) is 1. The Morgan fingerprint density at radius 1 is 1.33 bits per heavy atom. The van der Waals surface area contributed by atoms with Crippen molar-refractivity contribution >= 4 is 5.91 Å². The molecule has 1 fully saturated rings. The molecule has 0 saturated carbocycles. The van der Waals surface area contributed by atoms with E-state index in [1.54, 1.807) is 0 Å². The van der Waals surface area contributed by atoms with Crippen molar-refractivity contribution in [3.63, 3.8) is 0 Å². The summed E-state index contributed by atoms with van der Waals surface area (Å²) in [7, 11) is 0. The number of hydrogen-bond acceptors (Lipinski definition) is 2. The molecule has 1 aliphatic heterocycles. The maximum atomic E-state index is 11.5. The molecule has 1 atom stereocenters. The molecule has 3 heteroatoms. The molecule has 15 heavy (non-hydrogen) atoms. The Bertz CT molecular complexity index is 337. The number of carbonyl (C=O) groups is 1. The molecule has 0 aromatic heterocycles. The predicted molar refractivity (Wildman–Crippen MR) is 59.3 cm³/mol. The largest absolute Gasteiger partial charge is 0.341 e. The van der Waals surface area contributed by atoms with Gasteiger partial charge in [0.15, 0.2) is 0 Å². The number of hydrogen-bond donors (Lipinski definition) is 1. The average Bonchev–Trinajstić information content (AvgIpc) is 2.59. The highest BCUT2D eigenvalue weighted by Crippen LogP contribution is 2.10. The number of rotatable bonds is 3. The van der Waals surface area contributed by atoms with E-state index in [-0.39, 0.29) is 11.9 Å². The Balaban J connectivity index is 1.87. The Morgan fingerprint density at radius 3 is 2.67 bits per heavy atom. The second-order valence-electron chi connectivity index (χ2n) is 3.96. The highest BCUT2D eigenvalue weighted by molar-refractivity contribution is 5.83. The fourth-order valence-corrected chi connectivity index (χ4v) is 1.89. The highest BCUT2D eigenvalue weighted by Gasteiger charge is 2.27. The van der Waals surface area contributed by atoms with E-state index in [9.17, 15) is 4.79 Å². The van der Waals surface area contributed by atoms with Crippen LogP contribution in [0.15, 0.2) is 30.3 Å². The minimum Gasteiger partial charge on any atom is -0.341 e. The first-order valence-electron chi connectivity index (χ1n) is 5.35. The molecule has 2 N–H and O–H groups in total. The smallest absolute Gasteiger partial charge is 0.239 e. The van der Waals surface area contributed by atoms with Crippen LogP contribution in [0.4, 0.5) is 0 Å². The fraction of sp³-hybridized carbons (Fsp3) is 0.417. The van der Waals surface area contributed by atoms with Crippen LogP contribution in [0, 0.1) is 0 Å². The summed E-state index contributed by atoms with van der Waals surface area (Å²) in [6.45, 7) is 1.60. The van der Waals surface area contributed by atoms with E-state index >= 15 is 0 Å². The molecule has 1 aliphatic rings. The third kappa shape index (κ3) is 2.36. The van der Waals surface area contributed by atoms with Crippen LogP contribution >= 0.6 is 0 Å². The van der Waals surface area contributed by atoms with Gasteiger partial charge in [0.05, 0.1) is 6.04 Å². The zero-order chi connectivity index (χ0) is 10.7. The van der Waals surface area contributed by atoms with Crippen LogP contribution in [0.1, 0.15) is 12.0 Å². The molecule has 3 nitrogen and oxygen atoms in total. The van der Waals surface area contributed by atoms with Gasteiger partial charge < -0.3 is 10.6 Å². The van der Waals surface area contributed by atoms with Gasteiger partial charge in [-0.05, 0) is 18.4 Å². The average molecular weight is 204 g/mol. The molecule has 1 heterocycles. The van der Waals surface area contributed by atoms with Crippen LogP contribution in [0.3, 0.4) is 0 Å². The Hall–Kier alpha value is -1.35. The number of carbonyl (C=O) groups excluding carboxylic acids is 1. The van der Waals surface area contributed by atoms with Gasteiger partial charge in [-0.3, -0.25) is 4.79 Å². The van der Waals surface area contributed by atoms with Gasteiger partial charge in [0.2, 0.25) is 5.91 Å². The molecule has 0 aliphatic carbocycles.